The number of hydrogen-bond acceptors (Lipinski definition) is 5. The smallest absolute Gasteiger partial charge is 0.164 e. The summed E-state index contributed by atoms with van der Waals surface area (Å²) in [4.78, 5) is 15.6. The van der Waals surface area contributed by atoms with E-state index in [9.17, 15) is 0 Å². The van der Waals surface area contributed by atoms with Gasteiger partial charge < -0.3 is 8.83 Å². The lowest BCUT2D eigenvalue weighted by molar-refractivity contribution is 0.669. The van der Waals surface area contributed by atoms with Crippen molar-refractivity contribution in [3.63, 3.8) is 0 Å². The van der Waals surface area contributed by atoms with E-state index in [4.69, 9.17) is 23.8 Å². The van der Waals surface area contributed by atoms with Gasteiger partial charge in [0.2, 0.25) is 0 Å². The van der Waals surface area contributed by atoms with Crippen LogP contribution in [0.3, 0.4) is 0 Å². The van der Waals surface area contributed by atoms with E-state index in [1.54, 1.807) is 0 Å². The lowest BCUT2D eigenvalue weighted by atomic mass is 9.98. The Hall–Kier alpha value is -7.63. The van der Waals surface area contributed by atoms with Gasteiger partial charge in [0.05, 0.1) is 0 Å². The van der Waals surface area contributed by atoms with Crippen LogP contribution < -0.4 is 0 Å². The van der Waals surface area contributed by atoms with E-state index < -0.39 is 0 Å². The molecule has 0 N–H and O–H groups in total. The van der Waals surface area contributed by atoms with E-state index in [0.29, 0.717) is 17.5 Å². The monoisotopic (exact) mass is 715 g/mol. The number of furan rings is 2. The second-order valence-corrected chi connectivity index (χ2v) is 14.4. The third-order valence-corrected chi connectivity index (χ3v) is 11.1. The van der Waals surface area contributed by atoms with Gasteiger partial charge in [-0.15, -0.1) is 0 Å². The fourth-order valence-electron chi connectivity index (χ4n) is 8.39. The molecule has 5 nitrogen and oxygen atoms in total. The van der Waals surface area contributed by atoms with E-state index in [2.05, 4.69) is 152 Å². The molecule has 260 valence electrons. The standard InChI is InChI=1S/C51H29N3O2/c1-3-11-32-27-35(21-19-30(32)9-1)39-14-7-15-41-47-42(16-8-18-44(47)56-48(39)41)51-53-49(36-22-20-31-10-2-4-12-33(31)28-36)52-50(54-51)37-23-25-38-34(29-37)24-26-45-46(38)40-13-5-6-17-43(40)55-45/h1-29H. The van der Waals surface area contributed by atoms with Gasteiger partial charge in [0.25, 0.3) is 0 Å². The highest BCUT2D eigenvalue weighted by Crippen LogP contribution is 2.41. The van der Waals surface area contributed by atoms with Crippen LogP contribution in [0.5, 0.6) is 0 Å². The molecule has 0 saturated carbocycles. The van der Waals surface area contributed by atoms with Gasteiger partial charge in [-0.3, -0.25) is 0 Å². The molecule has 0 aliphatic carbocycles. The molecular weight excluding hydrogens is 687 g/mol. The molecule has 3 aromatic heterocycles. The summed E-state index contributed by atoms with van der Waals surface area (Å²) in [5.41, 5.74) is 8.22. The lowest BCUT2D eigenvalue weighted by Gasteiger charge is -2.11. The van der Waals surface area contributed by atoms with Crippen molar-refractivity contribution in [2.24, 2.45) is 0 Å². The van der Waals surface area contributed by atoms with Crippen LogP contribution >= 0.6 is 0 Å². The Balaban J connectivity index is 1.07. The molecule has 0 atom stereocenters. The predicted molar refractivity (Wildman–Crippen MR) is 229 cm³/mol. The third kappa shape index (κ3) is 4.78. The minimum absolute atomic E-state index is 0.582. The summed E-state index contributed by atoms with van der Waals surface area (Å²) in [5, 5.41) is 11.1. The molecule has 0 unspecified atom stereocenters. The summed E-state index contributed by atoms with van der Waals surface area (Å²) in [5.74, 6) is 1.78. The zero-order valence-electron chi connectivity index (χ0n) is 29.9. The van der Waals surface area contributed by atoms with Gasteiger partial charge in [-0.25, -0.2) is 15.0 Å². The van der Waals surface area contributed by atoms with Crippen LogP contribution in [0.1, 0.15) is 0 Å². The number of para-hydroxylation sites is 2. The van der Waals surface area contributed by atoms with Crippen molar-refractivity contribution in [1.82, 2.24) is 15.0 Å². The molecule has 0 bridgehead atoms. The molecule has 5 heteroatoms. The van der Waals surface area contributed by atoms with Gasteiger partial charge in [-0.2, -0.15) is 0 Å². The average molecular weight is 716 g/mol. The number of benzene rings is 9. The van der Waals surface area contributed by atoms with Crippen LogP contribution in [0.2, 0.25) is 0 Å². The van der Waals surface area contributed by atoms with E-state index in [0.717, 1.165) is 93.2 Å². The maximum absolute atomic E-state index is 6.72. The van der Waals surface area contributed by atoms with Gasteiger partial charge in [0, 0.05) is 43.8 Å². The number of fused-ring (bicyclic) bond motifs is 10. The maximum atomic E-state index is 6.72. The normalized spacial score (nSPS) is 11.9. The highest BCUT2D eigenvalue weighted by molar-refractivity contribution is 6.19. The van der Waals surface area contributed by atoms with Crippen LogP contribution in [-0.4, -0.2) is 15.0 Å². The average Bonchev–Trinajstić information content (AvgIpc) is 3.85. The van der Waals surface area contributed by atoms with Crippen LogP contribution in [0.25, 0.3) is 121 Å². The van der Waals surface area contributed by atoms with Gasteiger partial charge in [0.15, 0.2) is 17.5 Å². The SMILES string of the molecule is c1ccc2cc(-c3nc(-c4ccc5c(ccc6oc7ccccc7c65)c4)nc(-c4cccc5oc6c(-c7ccc8ccccc8c7)cccc6c45)n3)ccc2c1. The zero-order chi connectivity index (χ0) is 36.7. The van der Waals surface area contributed by atoms with Gasteiger partial charge >= 0.3 is 0 Å². The Kier molecular flexibility index (Phi) is 6.56. The van der Waals surface area contributed by atoms with Gasteiger partial charge in [-0.05, 0) is 74.3 Å². The first-order valence-corrected chi connectivity index (χ1v) is 18.8. The summed E-state index contributed by atoms with van der Waals surface area (Å²) < 4.78 is 12.9. The Morgan fingerprint density at radius 1 is 0.304 bits per heavy atom. The second-order valence-electron chi connectivity index (χ2n) is 14.4. The molecule has 0 saturated heterocycles. The molecular formula is C51H29N3O2. The summed E-state index contributed by atoms with van der Waals surface area (Å²) in [6.07, 6.45) is 0. The topological polar surface area (TPSA) is 65.0 Å². The largest absolute Gasteiger partial charge is 0.456 e. The Morgan fingerprint density at radius 2 is 0.857 bits per heavy atom. The van der Waals surface area contributed by atoms with Crippen LogP contribution in [0.4, 0.5) is 0 Å². The third-order valence-electron chi connectivity index (χ3n) is 11.1. The van der Waals surface area contributed by atoms with Crippen molar-refractivity contribution in [3.8, 4) is 45.3 Å². The molecule has 12 rings (SSSR count). The molecule has 0 aliphatic rings. The summed E-state index contributed by atoms with van der Waals surface area (Å²) in [7, 11) is 0. The van der Waals surface area contributed by atoms with Crippen molar-refractivity contribution in [2.75, 3.05) is 0 Å². The van der Waals surface area contributed by atoms with Crippen molar-refractivity contribution >= 4 is 76.2 Å². The van der Waals surface area contributed by atoms with E-state index in [1.165, 1.54) is 10.8 Å². The van der Waals surface area contributed by atoms with Crippen LogP contribution in [0, 0.1) is 0 Å². The number of rotatable bonds is 4. The molecule has 0 spiro atoms. The maximum Gasteiger partial charge on any atom is 0.164 e. The fourth-order valence-corrected chi connectivity index (χ4v) is 8.39. The molecule has 56 heavy (non-hydrogen) atoms. The quantitative estimate of drug-likeness (QED) is 0.181. The Labute approximate surface area is 320 Å². The number of aromatic nitrogens is 3. The predicted octanol–water partition coefficient (Wildman–Crippen LogP) is 13.8. The molecule has 12 aromatic rings. The first-order chi connectivity index (χ1) is 27.7. The highest BCUT2D eigenvalue weighted by Gasteiger charge is 2.20. The van der Waals surface area contributed by atoms with Crippen LogP contribution in [0.15, 0.2) is 185 Å². The highest BCUT2D eigenvalue weighted by atomic mass is 16.3. The number of hydrogen-bond donors (Lipinski definition) is 0. The van der Waals surface area contributed by atoms with E-state index >= 15 is 0 Å². The molecule has 0 amide bonds. The first kappa shape index (κ1) is 30.8. The molecule has 0 fully saturated rings. The molecule has 0 radical (unpaired) electrons. The van der Waals surface area contributed by atoms with Crippen molar-refractivity contribution in [3.05, 3.63) is 176 Å². The molecule has 0 aliphatic heterocycles. The zero-order valence-corrected chi connectivity index (χ0v) is 29.9. The van der Waals surface area contributed by atoms with Gasteiger partial charge in [0.1, 0.15) is 22.3 Å². The van der Waals surface area contributed by atoms with Crippen molar-refractivity contribution in [2.45, 2.75) is 0 Å². The van der Waals surface area contributed by atoms with E-state index in [-0.39, 0.29) is 0 Å². The van der Waals surface area contributed by atoms with Crippen LogP contribution in [-0.2, 0) is 0 Å². The van der Waals surface area contributed by atoms with Crippen molar-refractivity contribution < 1.29 is 8.83 Å². The second kappa shape index (κ2) is 11.9. The number of nitrogens with zero attached hydrogens (tertiary/aromatic N) is 3. The molecule has 3 heterocycles. The fraction of sp³-hybridized carbons (Fsp3) is 0. The van der Waals surface area contributed by atoms with Gasteiger partial charge in [-0.1, -0.05) is 140 Å². The first-order valence-electron chi connectivity index (χ1n) is 18.8. The minimum Gasteiger partial charge on any atom is -0.456 e. The minimum atomic E-state index is 0.582. The van der Waals surface area contributed by atoms with Crippen molar-refractivity contribution in [1.29, 1.82) is 0 Å². The molecule has 9 aromatic carbocycles. The summed E-state index contributed by atoms with van der Waals surface area (Å²) >= 11 is 0. The van der Waals surface area contributed by atoms with E-state index in [1.807, 2.05) is 24.3 Å². The summed E-state index contributed by atoms with van der Waals surface area (Å²) in [6, 6.07) is 61.0. The Morgan fingerprint density at radius 3 is 1.66 bits per heavy atom. The Bertz CT molecular complexity index is 3560. The lowest BCUT2D eigenvalue weighted by Crippen LogP contribution is -2.00. The summed E-state index contributed by atoms with van der Waals surface area (Å²) in [6.45, 7) is 0.